The van der Waals surface area contributed by atoms with Crippen molar-refractivity contribution in [3.63, 3.8) is 0 Å². The summed E-state index contributed by atoms with van der Waals surface area (Å²) in [7, 11) is 0. The van der Waals surface area contributed by atoms with E-state index in [4.69, 9.17) is 9.47 Å². The Morgan fingerprint density at radius 2 is 1.76 bits per heavy atom. The van der Waals surface area contributed by atoms with Gasteiger partial charge in [-0.05, 0) is 49.3 Å². The summed E-state index contributed by atoms with van der Waals surface area (Å²) in [4.78, 5) is 27.0. The van der Waals surface area contributed by atoms with Gasteiger partial charge in [-0.2, -0.15) is 4.39 Å². The molecule has 5 rings (SSSR count). The number of nitrogens with zero attached hydrogens (tertiary/aromatic N) is 4. The molecule has 2 aliphatic rings. The Morgan fingerprint density at radius 1 is 1.09 bits per heavy atom. The van der Waals surface area contributed by atoms with E-state index in [-0.39, 0.29) is 17.0 Å². The number of aryl methyl sites for hydroxylation is 4. The van der Waals surface area contributed by atoms with Gasteiger partial charge in [-0.3, -0.25) is 9.48 Å². The fourth-order valence-electron chi connectivity index (χ4n) is 5.20. The number of ether oxygens (including phenoxy) is 2. The Labute approximate surface area is 196 Å². The minimum absolute atomic E-state index is 0.142. The second kappa shape index (κ2) is 8.87. The molecule has 0 unspecified atom stereocenters. The number of carbonyl (C=O) groups is 1. The second-order valence-corrected chi connectivity index (χ2v) is 8.84. The molecule has 2 aliphatic heterocycles. The van der Waals surface area contributed by atoms with E-state index in [1.807, 2.05) is 20.8 Å². The Bertz CT molecular complexity index is 1310. The van der Waals surface area contributed by atoms with Gasteiger partial charge in [0.15, 0.2) is 0 Å². The molecule has 2 aromatic heterocycles. The molecule has 0 amide bonds. The first-order valence-corrected chi connectivity index (χ1v) is 12.0. The van der Waals surface area contributed by atoms with Gasteiger partial charge in [0.1, 0.15) is 11.1 Å². The number of hydrogen-bond donors (Lipinski definition) is 0. The fourth-order valence-corrected chi connectivity index (χ4v) is 5.20. The van der Waals surface area contributed by atoms with Crippen LogP contribution in [0.3, 0.4) is 0 Å². The number of benzene rings is 1. The molecule has 0 atom stereocenters. The number of carbonyl (C=O) groups excluding carboxylic acids is 1. The van der Waals surface area contributed by atoms with Gasteiger partial charge >= 0.3 is 5.97 Å². The number of aromatic nitrogens is 4. The van der Waals surface area contributed by atoms with E-state index in [1.165, 1.54) is 4.68 Å². The average Bonchev–Trinajstić information content (AvgIpc) is 3.37. The van der Waals surface area contributed by atoms with Crippen LogP contribution in [0.1, 0.15) is 53.0 Å². The summed E-state index contributed by atoms with van der Waals surface area (Å²) in [6, 6.07) is 4.14. The fraction of sp³-hybridized carbons (Fsp3) is 0.480. The van der Waals surface area contributed by atoms with Crippen molar-refractivity contribution < 1.29 is 18.7 Å². The van der Waals surface area contributed by atoms with Gasteiger partial charge in [-0.1, -0.05) is 31.5 Å². The van der Waals surface area contributed by atoms with Crippen LogP contribution in [0.4, 0.5) is 4.39 Å². The molecule has 3 aromatic rings. The van der Waals surface area contributed by atoms with Crippen LogP contribution < -0.4 is 10.3 Å². The lowest BCUT2D eigenvalue weighted by Gasteiger charge is -2.16. The zero-order chi connectivity index (χ0) is 24.0. The van der Waals surface area contributed by atoms with Crippen molar-refractivity contribution in [3.8, 4) is 17.0 Å². The maximum atomic E-state index is 14.6. The number of esters is 1. The summed E-state index contributed by atoms with van der Waals surface area (Å²) in [5, 5.41) is 3.86. The highest BCUT2D eigenvalue weighted by atomic mass is 19.1. The Balaban J connectivity index is 1.71. The van der Waals surface area contributed by atoms with Gasteiger partial charge in [0.2, 0.25) is 11.8 Å². The van der Waals surface area contributed by atoms with E-state index in [0.717, 1.165) is 41.5 Å². The van der Waals surface area contributed by atoms with Crippen LogP contribution >= 0.6 is 0 Å². The summed E-state index contributed by atoms with van der Waals surface area (Å²) in [6.45, 7) is 8.15. The maximum Gasteiger partial charge on any atom is 0.351 e. The largest absolute Gasteiger partial charge is 0.403 e. The highest BCUT2D eigenvalue weighted by Gasteiger charge is 2.33. The minimum atomic E-state index is -0.832. The first-order valence-electron chi connectivity index (χ1n) is 12.0. The number of hydrogen-bond acceptors (Lipinski definition) is 5. The van der Waals surface area contributed by atoms with Crippen LogP contribution in [-0.4, -0.2) is 38.3 Å². The molecular formula is C25H29FN4O4. The first-order chi connectivity index (χ1) is 16.4. The normalized spacial score (nSPS) is 15.2. The molecule has 0 saturated heterocycles. The molecule has 0 bridgehead atoms. The zero-order valence-corrected chi connectivity index (χ0v) is 19.8. The van der Waals surface area contributed by atoms with E-state index in [1.54, 1.807) is 9.36 Å². The standard InChI is InChI=1S/C25H29FN4O4/c1-4-16-13-15(3)14-17(5-2)19(16)21-23(31)29-9-11-33-12-10-30(29)24(21)34-25(32)20-18-7-6-8-28(18)27-22(20)26/h13-14H,4-12H2,1-3H3. The molecule has 8 nitrogen and oxygen atoms in total. The summed E-state index contributed by atoms with van der Waals surface area (Å²) >= 11 is 0. The molecule has 0 radical (unpaired) electrons. The molecule has 4 heterocycles. The van der Waals surface area contributed by atoms with Crippen molar-refractivity contribution in [2.24, 2.45) is 0 Å². The van der Waals surface area contributed by atoms with Gasteiger partial charge in [0.25, 0.3) is 5.56 Å². The third kappa shape index (κ3) is 3.58. The molecule has 9 heteroatoms. The third-order valence-corrected chi connectivity index (χ3v) is 6.73. The second-order valence-electron chi connectivity index (χ2n) is 8.84. The molecule has 180 valence electrons. The third-order valence-electron chi connectivity index (χ3n) is 6.73. The number of fused-ring (bicyclic) bond motifs is 2. The van der Waals surface area contributed by atoms with E-state index >= 15 is 0 Å². The molecule has 0 spiro atoms. The highest BCUT2D eigenvalue weighted by molar-refractivity contribution is 5.93. The van der Waals surface area contributed by atoms with Gasteiger partial charge in [0, 0.05) is 6.54 Å². The van der Waals surface area contributed by atoms with E-state index in [2.05, 4.69) is 17.2 Å². The predicted octanol–water partition coefficient (Wildman–Crippen LogP) is 3.28. The molecule has 34 heavy (non-hydrogen) atoms. The van der Waals surface area contributed by atoms with Crippen molar-refractivity contribution >= 4 is 5.97 Å². The lowest BCUT2D eigenvalue weighted by Crippen LogP contribution is -2.24. The first kappa shape index (κ1) is 22.6. The van der Waals surface area contributed by atoms with Gasteiger partial charge in [0.05, 0.1) is 32.0 Å². The zero-order valence-electron chi connectivity index (χ0n) is 19.8. The van der Waals surface area contributed by atoms with Gasteiger partial charge in [-0.25, -0.2) is 14.2 Å². The minimum Gasteiger partial charge on any atom is -0.403 e. The molecule has 0 aliphatic carbocycles. The van der Waals surface area contributed by atoms with Crippen LogP contribution in [-0.2, 0) is 43.6 Å². The monoisotopic (exact) mass is 468 g/mol. The molecule has 0 saturated carbocycles. The molecular weight excluding hydrogens is 439 g/mol. The van der Waals surface area contributed by atoms with Crippen molar-refractivity contribution in [1.82, 2.24) is 19.1 Å². The van der Waals surface area contributed by atoms with Crippen LogP contribution in [0.2, 0.25) is 0 Å². The van der Waals surface area contributed by atoms with Gasteiger partial charge < -0.3 is 9.47 Å². The Morgan fingerprint density at radius 3 is 2.44 bits per heavy atom. The predicted molar refractivity (Wildman–Crippen MR) is 124 cm³/mol. The van der Waals surface area contributed by atoms with Crippen molar-refractivity contribution in [2.75, 3.05) is 13.2 Å². The Hall–Kier alpha value is -3.20. The summed E-state index contributed by atoms with van der Waals surface area (Å²) in [5.41, 5.74) is 4.47. The molecule has 0 N–H and O–H groups in total. The highest BCUT2D eigenvalue weighted by Crippen LogP contribution is 2.36. The lowest BCUT2D eigenvalue weighted by atomic mass is 9.91. The summed E-state index contributed by atoms with van der Waals surface area (Å²) < 4.78 is 30.9. The van der Waals surface area contributed by atoms with Crippen molar-refractivity contribution in [1.29, 1.82) is 0 Å². The summed E-state index contributed by atoms with van der Waals surface area (Å²) in [5.74, 6) is -1.51. The van der Waals surface area contributed by atoms with E-state index in [9.17, 15) is 14.0 Å². The number of rotatable bonds is 5. The molecule has 0 fully saturated rings. The smallest absolute Gasteiger partial charge is 0.351 e. The lowest BCUT2D eigenvalue weighted by molar-refractivity contribution is 0.0708. The van der Waals surface area contributed by atoms with Crippen LogP contribution in [0.5, 0.6) is 5.88 Å². The maximum absolute atomic E-state index is 14.6. The molecule has 1 aromatic carbocycles. The van der Waals surface area contributed by atoms with Crippen molar-refractivity contribution in [3.05, 3.63) is 56.4 Å². The van der Waals surface area contributed by atoms with Crippen LogP contribution in [0.15, 0.2) is 16.9 Å². The van der Waals surface area contributed by atoms with Crippen molar-refractivity contribution in [2.45, 2.75) is 66.1 Å². The van der Waals surface area contributed by atoms with Crippen LogP contribution in [0.25, 0.3) is 11.1 Å². The SMILES string of the molecule is CCc1cc(C)cc(CC)c1-c1c(OC(=O)c2c(F)nn3c2CCC3)n2n(c1=O)CCOCC2. The van der Waals surface area contributed by atoms with E-state index < -0.39 is 11.9 Å². The average molecular weight is 469 g/mol. The quantitative estimate of drug-likeness (QED) is 0.537. The topological polar surface area (TPSA) is 80.3 Å². The number of halogens is 1. The van der Waals surface area contributed by atoms with Gasteiger partial charge in [-0.15, -0.1) is 5.10 Å². The summed E-state index contributed by atoms with van der Waals surface area (Å²) in [6.07, 6.45) is 2.80. The van der Waals surface area contributed by atoms with E-state index in [0.29, 0.717) is 50.5 Å². The van der Waals surface area contributed by atoms with Crippen LogP contribution in [0, 0.1) is 12.9 Å². The Kier molecular flexibility index (Phi) is 5.89.